The van der Waals surface area contributed by atoms with E-state index in [0.29, 0.717) is 19.0 Å². The highest BCUT2D eigenvalue weighted by Crippen LogP contribution is 2.19. The molecular formula is C10H21NO3S. The van der Waals surface area contributed by atoms with Crippen LogP contribution in [0.25, 0.3) is 0 Å². The summed E-state index contributed by atoms with van der Waals surface area (Å²) in [6.45, 7) is 6.09. The van der Waals surface area contributed by atoms with Crippen LogP contribution in [0.15, 0.2) is 0 Å². The van der Waals surface area contributed by atoms with E-state index >= 15 is 0 Å². The number of rotatable bonds is 4. The Morgan fingerprint density at radius 1 is 1.33 bits per heavy atom. The molecule has 1 aliphatic heterocycles. The van der Waals surface area contributed by atoms with Crippen molar-refractivity contribution in [2.45, 2.75) is 32.8 Å². The summed E-state index contributed by atoms with van der Waals surface area (Å²) in [6.07, 6.45) is 3.37. The first-order chi connectivity index (χ1) is 6.89. The van der Waals surface area contributed by atoms with Crippen LogP contribution >= 0.6 is 0 Å². The Morgan fingerprint density at radius 2 is 1.87 bits per heavy atom. The quantitative estimate of drug-likeness (QED) is 0.732. The monoisotopic (exact) mass is 235 g/mol. The van der Waals surface area contributed by atoms with Gasteiger partial charge in [0.15, 0.2) is 0 Å². The number of ether oxygens (including phenoxy) is 1. The lowest BCUT2D eigenvalue weighted by Gasteiger charge is -2.30. The Labute approximate surface area is 92.7 Å². The molecule has 15 heavy (non-hydrogen) atoms. The molecule has 90 valence electrons. The zero-order valence-corrected chi connectivity index (χ0v) is 10.6. The zero-order chi connectivity index (χ0) is 11.5. The van der Waals surface area contributed by atoms with Crippen LogP contribution < -0.4 is 0 Å². The van der Waals surface area contributed by atoms with Crippen LogP contribution in [0.5, 0.6) is 0 Å². The fraction of sp³-hybridized carbons (Fsp3) is 1.00. The van der Waals surface area contributed by atoms with E-state index in [1.54, 1.807) is 4.31 Å². The van der Waals surface area contributed by atoms with Gasteiger partial charge in [-0.05, 0) is 32.6 Å². The number of hydrogen-bond donors (Lipinski definition) is 0. The lowest BCUT2D eigenvalue weighted by atomic mass is 9.99. The van der Waals surface area contributed by atoms with Crippen molar-refractivity contribution in [1.29, 1.82) is 0 Å². The van der Waals surface area contributed by atoms with Gasteiger partial charge in [0.2, 0.25) is 10.0 Å². The van der Waals surface area contributed by atoms with Gasteiger partial charge in [0, 0.05) is 19.7 Å². The molecule has 0 aromatic heterocycles. The van der Waals surface area contributed by atoms with Gasteiger partial charge < -0.3 is 4.74 Å². The number of nitrogens with zero attached hydrogens (tertiary/aromatic N) is 1. The van der Waals surface area contributed by atoms with Crippen molar-refractivity contribution < 1.29 is 13.2 Å². The molecule has 0 aromatic rings. The van der Waals surface area contributed by atoms with Crippen molar-refractivity contribution >= 4 is 10.0 Å². The van der Waals surface area contributed by atoms with Gasteiger partial charge in [-0.1, -0.05) is 0 Å². The van der Waals surface area contributed by atoms with E-state index in [4.69, 9.17) is 4.74 Å². The second-order valence-corrected chi connectivity index (χ2v) is 6.47. The van der Waals surface area contributed by atoms with E-state index in [-0.39, 0.29) is 6.10 Å². The fourth-order valence-electron chi connectivity index (χ4n) is 1.74. The molecule has 0 saturated carbocycles. The summed E-state index contributed by atoms with van der Waals surface area (Å²) in [7, 11) is -2.99. The molecule has 4 nitrogen and oxygen atoms in total. The third-order valence-corrected chi connectivity index (χ3v) is 4.01. The minimum absolute atomic E-state index is 0.262. The first kappa shape index (κ1) is 12.9. The predicted molar refractivity (Wildman–Crippen MR) is 60.2 cm³/mol. The smallest absolute Gasteiger partial charge is 0.211 e. The summed E-state index contributed by atoms with van der Waals surface area (Å²) in [4.78, 5) is 0. The number of sulfonamides is 1. The molecule has 0 aliphatic carbocycles. The first-order valence-corrected chi connectivity index (χ1v) is 7.31. The second-order valence-electron chi connectivity index (χ2n) is 4.49. The molecule has 1 rings (SSSR count). The predicted octanol–water partition coefficient (Wildman–Crippen LogP) is 1.08. The normalized spacial score (nSPS) is 21.1. The molecule has 0 amide bonds. The van der Waals surface area contributed by atoms with E-state index in [0.717, 1.165) is 19.4 Å². The minimum atomic E-state index is -2.99. The van der Waals surface area contributed by atoms with Gasteiger partial charge in [-0.3, -0.25) is 0 Å². The average molecular weight is 235 g/mol. The maximum atomic E-state index is 11.3. The molecule has 0 radical (unpaired) electrons. The van der Waals surface area contributed by atoms with Gasteiger partial charge in [0.1, 0.15) is 0 Å². The van der Waals surface area contributed by atoms with Crippen molar-refractivity contribution in [2.75, 3.05) is 26.0 Å². The summed E-state index contributed by atoms with van der Waals surface area (Å²) < 4.78 is 29.6. The van der Waals surface area contributed by atoms with Crippen molar-refractivity contribution in [3.63, 3.8) is 0 Å². The molecule has 0 aromatic carbocycles. The fourth-order valence-corrected chi connectivity index (χ4v) is 2.61. The highest BCUT2D eigenvalue weighted by molar-refractivity contribution is 7.88. The van der Waals surface area contributed by atoms with Crippen molar-refractivity contribution in [3.8, 4) is 0 Å². The van der Waals surface area contributed by atoms with Crippen molar-refractivity contribution in [2.24, 2.45) is 5.92 Å². The molecule has 0 bridgehead atoms. The molecule has 0 unspecified atom stereocenters. The summed E-state index contributed by atoms with van der Waals surface area (Å²) in [5.74, 6) is 0.519. The highest BCUT2D eigenvalue weighted by atomic mass is 32.2. The largest absolute Gasteiger partial charge is 0.379 e. The Bertz CT molecular complexity index is 279. The van der Waals surface area contributed by atoms with Crippen LogP contribution in [0.1, 0.15) is 26.7 Å². The van der Waals surface area contributed by atoms with Crippen LogP contribution in [-0.2, 0) is 14.8 Å². The maximum Gasteiger partial charge on any atom is 0.211 e. The second kappa shape index (κ2) is 5.27. The maximum absolute atomic E-state index is 11.3. The molecule has 1 heterocycles. The third kappa shape index (κ3) is 4.49. The number of piperidine rings is 1. The molecule has 1 aliphatic rings. The first-order valence-electron chi connectivity index (χ1n) is 5.46. The lowest BCUT2D eigenvalue weighted by molar-refractivity contribution is 0.0379. The third-order valence-electron chi connectivity index (χ3n) is 2.71. The van der Waals surface area contributed by atoms with Crippen LogP contribution in [0.2, 0.25) is 0 Å². The molecule has 5 heteroatoms. The molecule has 1 saturated heterocycles. The van der Waals surface area contributed by atoms with Crippen molar-refractivity contribution in [1.82, 2.24) is 4.31 Å². The van der Waals surface area contributed by atoms with Gasteiger partial charge in [-0.15, -0.1) is 0 Å². The minimum Gasteiger partial charge on any atom is -0.379 e. The van der Waals surface area contributed by atoms with E-state index in [2.05, 4.69) is 0 Å². The summed E-state index contributed by atoms with van der Waals surface area (Å²) >= 11 is 0. The van der Waals surface area contributed by atoms with Crippen molar-refractivity contribution in [3.05, 3.63) is 0 Å². The zero-order valence-electron chi connectivity index (χ0n) is 9.77. The molecular weight excluding hydrogens is 214 g/mol. The van der Waals surface area contributed by atoms with Gasteiger partial charge in [0.25, 0.3) is 0 Å². The highest BCUT2D eigenvalue weighted by Gasteiger charge is 2.24. The van der Waals surface area contributed by atoms with E-state index < -0.39 is 10.0 Å². The number of hydrogen-bond acceptors (Lipinski definition) is 3. The van der Waals surface area contributed by atoms with E-state index in [1.807, 2.05) is 13.8 Å². The lowest BCUT2D eigenvalue weighted by Crippen LogP contribution is -2.38. The van der Waals surface area contributed by atoms with Crippen LogP contribution in [0, 0.1) is 5.92 Å². The summed E-state index contributed by atoms with van der Waals surface area (Å²) in [5.41, 5.74) is 0. The Kier molecular flexibility index (Phi) is 4.55. The average Bonchev–Trinajstić information content (AvgIpc) is 2.14. The van der Waals surface area contributed by atoms with Crippen LogP contribution in [-0.4, -0.2) is 44.8 Å². The summed E-state index contributed by atoms with van der Waals surface area (Å²) in [5, 5.41) is 0. The Morgan fingerprint density at radius 3 is 2.27 bits per heavy atom. The SMILES string of the molecule is CC(C)OCC1CCN(S(C)(=O)=O)CC1. The van der Waals surface area contributed by atoms with Gasteiger partial charge in [-0.2, -0.15) is 0 Å². The van der Waals surface area contributed by atoms with Gasteiger partial charge in [0.05, 0.1) is 12.4 Å². The van der Waals surface area contributed by atoms with E-state index in [9.17, 15) is 8.42 Å². The van der Waals surface area contributed by atoms with Crippen LogP contribution in [0.3, 0.4) is 0 Å². The molecule has 1 fully saturated rings. The Hall–Kier alpha value is -0.130. The van der Waals surface area contributed by atoms with Gasteiger partial charge >= 0.3 is 0 Å². The Balaban J connectivity index is 2.30. The molecule has 0 N–H and O–H groups in total. The standard InChI is InChI=1S/C10H21NO3S/c1-9(2)14-8-10-4-6-11(7-5-10)15(3,12)13/h9-10H,4-8H2,1-3H3. The summed E-state index contributed by atoms with van der Waals surface area (Å²) in [6, 6.07) is 0. The van der Waals surface area contributed by atoms with Gasteiger partial charge in [-0.25, -0.2) is 12.7 Å². The van der Waals surface area contributed by atoms with Crippen LogP contribution in [0.4, 0.5) is 0 Å². The molecule has 0 atom stereocenters. The molecule has 0 spiro atoms. The topological polar surface area (TPSA) is 46.6 Å². The van der Waals surface area contributed by atoms with E-state index in [1.165, 1.54) is 6.26 Å².